The van der Waals surface area contributed by atoms with Gasteiger partial charge < -0.3 is 5.32 Å². The molecule has 0 aliphatic carbocycles. The number of rotatable bonds is 5. The summed E-state index contributed by atoms with van der Waals surface area (Å²) < 4.78 is 27.4. The van der Waals surface area contributed by atoms with E-state index in [1.54, 1.807) is 12.1 Å². The Bertz CT molecular complexity index is 1240. The Morgan fingerprint density at radius 1 is 1.19 bits per heavy atom. The smallest absolute Gasteiger partial charge is 0.243 e. The first kappa shape index (κ1) is 22.9. The number of halogens is 1. The van der Waals surface area contributed by atoms with E-state index in [0.717, 1.165) is 22.4 Å². The molecule has 1 saturated heterocycles. The van der Waals surface area contributed by atoms with E-state index in [0.29, 0.717) is 29.5 Å². The van der Waals surface area contributed by atoms with Gasteiger partial charge in [0.2, 0.25) is 15.9 Å². The topological polar surface area (TPSA) is 79.4 Å². The number of sulfonamides is 1. The van der Waals surface area contributed by atoms with Crippen LogP contribution in [0.3, 0.4) is 0 Å². The largest absolute Gasteiger partial charge is 0.302 e. The third-order valence-corrected chi connectivity index (χ3v) is 8.50. The minimum atomic E-state index is -3.68. The zero-order chi connectivity index (χ0) is 22.9. The van der Waals surface area contributed by atoms with Crippen LogP contribution in [-0.2, 0) is 14.8 Å². The molecule has 1 unspecified atom stereocenters. The van der Waals surface area contributed by atoms with Gasteiger partial charge in [0.25, 0.3) is 0 Å². The van der Waals surface area contributed by atoms with E-state index in [1.165, 1.54) is 27.8 Å². The number of anilines is 1. The van der Waals surface area contributed by atoms with Gasteiger partial charge in [0.05, 0.1) is 16.5 Å². The van der Waals surface area contributed by atoms with Gasteiger partial charge in [-0.05, 0) is 62.6 Å². The maximum atomic E-state index is 13.0. The number of thiazole rings is 1. The monoisotopic (exact) mass is 489 g/mol. The lowest BCUT2D eigenvalue weighted by molar-refractivity contribution is -0.120. The Balaban J connectivity index is 1.46. The summed E-state index contributed by atoms with van der Waals surface area (Å²) in [6.07, 6.45) is 1.25. The molecule has 6 nitrogen and oxygen atoms in total. The number of amides is 1. The zero-order valence-electron chi connectivity index (χ0n) is 17.8. The number of carbonyl (C=O) groups excluding carboxylic acids is 1. The van der Waals surface area contributed by atoms with Crippen molar-refractivity contribution in [1.29, 1.82) is 0 Å². The molecule has 1 aliphatic heterocycles. The molecule has 1 atom stereocenters. The molecule has 1 N–H and O–H groups in total. The van der Waals surface area contributed by atoms with Crippen molar-refractivity contribution in [1.82, 2.24) is 9.29 Å². The van der Waals surface area contributed by atoms with Gasteiger partial charge in [0.15, 0.2) is 5.13 Å². The van der Waals surface area contributed by atoms with Crippen LogP contribution in [-0.4, -0.2) is 36.7 Å². The van der Waals surface area contributed by atoms with Gasteiger partial charge in [0, 0.05) is 29.1 Å². The number of carbonyl (C=O) groups is 1. The Morgan fingerprint density at radius 2 is 1.94 bits per heavy atom. The van der Waals surface area contributed by atoms with Crippen molar-refractivity contribution in [2.24, 2.45) is 5.92 Å². The number of piperidine rings is 1. The fraction of sp³-hybridized carbons (Fsp3) is 0.304. The number of benzene rings is 2. The molecule has 168 valence electrons. The normalized spacial score (nSPS) is 17.3. The predicted molar refractivity (Wildman–Crippen MR) is 129 cm³/mol. The van der Waals surface area contributed by atoms with E-state index in [-0.39, 0.29) is 17.3 Å². The van der Waals surface area contributed by atoms with E-state index >= 15 is 0 Å². The van der Waals surface area contributed by atoms with Gasteiger partial charge in [-0.1, -0.05) is 29.3 Å². The SMILES string of the molecule is Cc1ccc(C)c(-c2csc(NC(=O)C3CCCN(S(=O)(=O)c4ccc(Cl)cc4)C3)n2)c1. The third-order valence-electron chi connectivity index (χ3n) is 5.61. The summed E-state index contributed by atoms with van der Waals surface area (Å²) in [5.41, 5.74) is 4.13. The molecule has 0 radical (unpaired) electrons. The van der Waals surface area contributed by atoms with Crippen LogP contribution in [0.2, 0.25) is 5.02 Å². The number of nitrogens with zero attached hydrogens (tertiary/aromatic N) is 2. The summed E-state index contributed by atoms with van der Waals surface area (Å²) in [5, 5.41) is 5.80. The molecule has 9 heteroatoms. The van der Waals surface area contributed by atoms with Gasteiger partial charge in [0.1, 0.15) is 0 Å². The number of hydrogen-bond donors (Lipinski definition) is 1. The average molecular weight is 490 g/mol. The summed E-state index contributed by atoms with van der Waals surface area (Å²) in [6, 6.07) is 12.3. The molecule has 32 heavy (non-hydrogen) atoms. The average Bonchev–Trinajstić information content (AvgIpc) is 3.24. The molecule has 1 aliphatic rings. The molecule has 2 aromatic carbocycles. The lowest BCUT2D eigenvalue weighted by atomic mass is 9.99. The van der Waals surface area contributed by atoms with Gasteiger partial charge >= 0.3 is 0 Å². The van der Waals surface area contributed by atoms with E-state index in [9.17, 15) is 13.2 Å². The molecule has 2 heterocycles. The molecule has 1 amide bonds. The van der Waals surface area contributed by atoms with E-state index in [2.05, 4.69) is 28.5 Å². The van der Waals surface area contributed by atoms with Crippen molar-refractivity contribution >= 4 is 44.0 Å². The number of aromatic nitrogens is 1. The van der Waals surface area contributed by atoms with Crippen LogP contribution in [0.15, 0.2) is 52.7 Å². The molecule has 4 rings (SSSR count). The van der Waals surface area contributed by atoms with Crippen LogP contribution < -0.4 is 5.32 Å². The van der Waals surface area contributed by atoms with Crippen LogP contribution >= 0.6 is 22.9 Å². The van der Waals surface area contributed by atoms with Gasteiger partial charge in [-0.25, -0.2) is 13.4 Å². The highest BCUT2D eigenvalue weighted by molar-refractivity contribution is 7.89. The Morgan fingerprint density at radius 3 is 2.69 bits per heavy atom. The molecule has 3 aromatic rings. The second-order valence-corrected chi connectivity index (χ2v) is 11.2. The Kier molecular flexibility index (Phi) is 6.67. The van der Waals surface area contributed by atoms with Crippen LogP contribution in [0.5, 0.6) is 0 Å². The zero-order valence-corrected chi connectivity index (χ0v) is 20.2. The first-order valence-corrected chi connectivity index (χ1v) is 13.0. The number of hydrogen-bond acceptors (Lipinski definition) is 5. The summed E-state index contributed by atoms with van der Waals surface area (Å²) >= 11 is 7.25. The maximum Gasteiger partial charge on any atom is 0.243 e. The third kappa shape index (κ3) is 4.88. The van der Waals surface area contributed by atoms with Gasteiger partial charge in [-0.15, -0.1) is 11.3 Å². The summed E-state index contributed by atoms with van der Waals surface area (Å²) in [6.45, 7) is 4.60. The fourth-order valence-electron chi connectivity index (χ4n) is 3.80. The standard InChI is InChI=1S/C23H24ClN3O3S2/c1-15-5-6-16(2)20(12-15)21-14-31-23(25-21)26-22(28)17-4-3-11-27(13-17)32(29,30)19-9-7-18(24)8-10-19/h5-10,12,14,17H,3-4,11,13H2,1-2H3,(H,25,26,28). The van der Waals surface area contributed by atoms with Crippen molar-refractivity contribution in [3.8, 4) is 11.3 Å². The van der Waals surface area contributed by atoms with E-state index < -0.39 is 15.9 Å². The molecule has 0 saturated carbocycles. The molecular formula is C23H24ClN3O3S2. The lowest BCUT2D eigenvalue weighted by Crippen LogP contribution is -2.43. The Hall–Kier alpha value is -2.26. The molecule has 0 bridgehead atoms. The van der Waals surface area contributed by atoms with Crippen molar-refractivity contribution in [3.05, 3.63) is 64.0 Å². The van der Waals surface area contributed by atoms with Crippen molar-refractivity contribution in [3.63, 3.8) is 0 Å². The highest BCUT2D eigenvalue weighted by Crippen LogP contribution is 2.30. The summed E-state index contributed by atoms with van der Waals surface area (Å²) in [4.78, 5) is 17.7. The van der Waals surface area contributed by atoms with Crippen LogP contribution in [0.4, 0.5) is 5.13 Å². The minimum Gasteiger partial charge on any atom is -0.302 e. The lowest BCUT2D eigenvalue weighted by Gasteiger charge is -2.31. The van der Waals surface area contributed by atoms with Crippen LogP contribution in [0.25, 0.3) is 11.3 Å². The Labute approximate surface area is 197 Å². The van der Waals surface area contributed by atoms with Crippen molar-refractivity contribution in [2.45, 2.75) is 31.6 Å². The highest BCUT2D eigenvalue weighted by atomic mass is 35.5. The fourth-order valence-corrected chi connectivity index (χ4v) is 6.17. The summed E-state index contributed by atoms with van der Waals surface area (Å²) in [7, 11) is -3.68. The highest BCUT2D eigenvalue weighted by Gasteiger charge is 2.33. The summed E-state index contributed by atoms with van der Waals surface area (Å²) in [5.74, 6) is -0.637. The maximum absolute atomic E-state index is 13.0. The van der Waals surface area contributed by atoms with Crippen molar-refractivity contribution in [2.75, 3.05) is 18.4 Å². The van der Waals surface area contributed by atoms with Crippen LogP contribution in [0, 0.1) is 19.8 Å². The van der Waals surface area contributed by atoms with E-state index in [1.807, 2.05) is 19.2 Å². The van der Waals surface area contributed by atoms with Gasteiger partial charge in [-0.2, -0.15) is 4.31 Å². The van der Waals surface area contributed by atoms with Crippen molar-refractivity contribution < 1.29 is 13.2 Å². The second-order valence-electron chi connectivity index (χ2n) is 8.00. The molecular weight excluding hydrogens is 466 g/mol. The van der Waals surface area contributed by atoms with E-state index in [4.69, 9.17) is 11.6 Å². The minimum absolute atomic E-state index is 0.145. The molecule has 0 spiro atoms. The predicted octanol–water partition coefficient (Wildman–Crippen LogP) is 5.12. The number of nitrogens with one attached hydrogen (secondary N) is 1. The molecule has 1 aromatic heterocycles. The quantitative estimate of drug-likeness (QED) is 0.539. The molecule has 1 fully saturated rings. The van der Waals surface area contributed by atoms with Gasteiger partial charge in [-0.3, -0.25) is 4.79 Å². The second kappa shape index (κ2) is 9.31. The number of aryl methyl sites for hydroxylation is 2. The first-order chi connectivity index (χ1) is 15.2. The van der Waals surface area contributed by atoms with Crippen LogP contribution in [0.1, 0.15) is 24.0 Å². The first-order valence-electron chi connectivity index (χ1n) is 10.3.